The highest BCUT2D eigenvalue weighted by atomic mass is 16.5. The Balaban J connectivity index is 1.79. The van der Waals surface area contributed by atoms with Gasteiger partial charge in [0.2, 0.25) is 0 Å². The highest BCUT2D eigenvalue weighted by Crippen LogP contribution is 2.23. The van der Waals surface area contributed by atoms with Gasteiger partial charge in [-0.2, -0.15) is 5.26 Å². The lowest BCUT2D eigenvalue weighted by atomic mass is 10.0. The van der Waals surface area contributed by atoms with Crippen molar-refractivity contribution in [2.24, 2.45) is 5.92 Å². The minimum atomic E-state index is -0.648. The van der Waals surface area contributed by atoms with E-state index in [1.165, 1.54) is 0 Å². The molecule has 0 saturated heterocycles. The van der Waals surface area contributed by atoms with E-state index in [4.69, 9.17) is 4.74 Å². The smallest absolute Gasteiger partial charge is 0.264 e. The lowest BCUT2D eigenvalue weighted by Gasteiger charge is -2.32. The van der Waals surface area contributed by atoms with Gasteiger partial charge in [-0.25, -0.2) is 0 Å². The molecule has 7 heteroatoms. The van der Waals surface area contributed by atoms with Crippen molar-refractivity contribution in [2.75, 3.05) is 6.54 Å². The molecule has 1 aliphatic heterocycles. The molecule has 0 aliphatic carbocycles. The fourth-order valence-electron chi connectivity index (χ4n) is 2.94. The predicted molar refractivity (Wildman–Crippen MR) is 90.6 cm³/mol. The number of carbonyl (C=O) groups excluding carboxylic acids is 1. The molecule has 1 aromatic carbocycles. The number of nitriles is 1. The number of aryl methyl sites for hydroxylation is 1. The van der Waals surface area contributed by atoms with Crippen LogP contribution in [0.2, 0.25) is 0 Å². The second kappa shape index (κ2) is 6.93. The second-order valence-electron chi connectivity index (χ2n) is 6.47. The fraction of sp³-hybridized carbons (Fsp3) is 0.444. The Hall–Kier alpha value is -2.88. The SMILES string of the molecule is Cc1nnc2n1CCN(C(=O)[C@H](Oc1ccccc1C#N)C(C)C)C2. The van der Waals surface area contributed by atoms with E-state index in [1.54, 1.807) is 29.2 Å². The van der Waals surface area contributed by atoms with Crippen molar-refractivity contribution in [3.63, 3.8) is 0 Å². The Bertz CT molecular complexity index is 821. The molecule has 1 aliphatic rings. The third-order valence-corrected chi connectivity index (χ3v) is 4.36. The molecule has 0 fully saturated rings. The summed E-state index contributed by atoms with van der Waals surface area (Å²) in [6.07, 6.45) is -0.648. The summed E-state index contributed by atoms with van der Waals surface area (Å²) in [5.41, 5.74) is 0.426. The number of benzene rings is 1. The van der Waals surface area contributed by atoms with Crippen LogP contribution in [0.3, 0.4) is 0 Å². The molecule has 7 nitrogen and oxygen atoms in total. The predicted octanol–water partition coefficient (Wildman–Crippen LogP) is 1.90. The number of ether oxygens (including phenoxy) is 1. The number of carbonyl (C=O) groups is 1. The van der Waals surface area contributed by atoms with Crippen LogP contribution in [0.1, 0.15) is 31.1 Å². The van der Waals surface area contributed by atoms with Gasteiger partial charge in [0.15, 0.2) is 11.9 Å². The van der Waals surface area contributed by atoms with E-state index < -0.39 is 6.10 Å². The van der Waals surface area contributed by atoms with Crippen molar-refractivity contribution >= 4 is 5.91 Å². The van der Waals surface area contributed by atoms with E-state index in [2.05, 4.69) is 16.3 Å². The van der Waals surface area contributed by atoms with Crippen LogP contribution in [0, 0.1) is 24.2 Å². The summed E-state index contributed by atoms with van der Waals surface area (Å²) in [6, 6.07) is 9.08. The zero-order valence-electron chi connectivity index (χ0n) is 14.6. The maximum absolute atomic E-state index is 13.0. The van der Waals surface area contributed by atoms with Crippen LogP contribution in [0.25, 0.3) is 0 Å². The number of rotatable bonds is 4. The topological polar surface area (TPSA) is 84.0 Å². The van der Waals surface area contributed by atoms with Crippen LogP contribution in [-0.4, -0.2) is 38.2 Å². The van der Waals surface area contributed by atoms with E-state index in [1.807, 2.05) is 25.3 Å². The third-order valence-electron chi connectivity index (χ3n) is 4.36. The molecule has 0 radical (unpaired) electrons. The quantitative estimate of drug-likeness (QED) is 0.849. The van der Waals surface area contributed by atoms with Crippen molar-refractivity contribution < 1.29 is 9.53 Å². The molecule has 25 heavy (non-hydrogen) atoms. The standard InChI is InChI=1S/C18H21N5O2/c1-12(2)17(25-15-7-5-4-6-14(15)10-19)18(24)22-8-9-23-13(3)20-21-16(23)11-22/h4-7,12,17H,8-9,11H2,1-3H3/t17-/m1/s1. The zero-order chi connectivity index (χ0) is 18.0. The monoisotopic (exact) mass is 339 g/mol. The normalized spacial score (nSPS) is 14.8. The van der Waals surface area contributed by atoms with Crippen molar-refractivity contribution in [3.8, 4) is 11.8 Å². The summed E-state index contributed by atoms with van der Waals surface area (Å²) in [4.78, 5) is 14.8. The largest absolute Gasteiger partial charge is 0.479 e. The Morgan fingerprint density at radius 2 is 2.04 bits per heavy atom. The average molecular weight is 339 g/mol. The Kier molecular flexibility index (Phi) is 4.70. The number of aromatic nitrogens is 3. The van der Waals surface area contributed by atoms with E-state index in [0.717, 1.165) is 11.6 Å². The number of para-hydroxylation sites is 1. The molecule has 3 rings (SSSR count). The molecule has 1 aromatic heterocycles. The summed E-state index contributed by atoms with van der Waals surface area (Å²) >= 11 is 0. The molecule has 0 unspecified atom stereocenters. The molecular weight excluding hydrogens is 318 g/mol. The molecule has 130 valence electrons. The molecular formula is C18H21N5O2. The number of hydrogen-bond donors (Lipinski definition) is 0. The molecule has 2 heterocycles. The molecule has 1 amide bonds. The van der Waals surface area contributed by atoms with Crippen LogP contribution < -0.4 is 4.74 Å². The Morgan fingerprint density at radius 3 is 2.76 bits per heavy atom. The van der Waals surface area contributed by atoms with Crippen molar-refractivity contribution in [1.29, 1.82) is 5.26 Å². The van der Waals surface area contributed by atoms with Gasteiger partial charge >= 0.3 is 0 Å². The first kappa shape index (κ1) is 17.0. The maximum Gasteiger partial charge on any atom is 0.264 e. The molecule has 0 bridgehead atoms. The summed E-state index contributed by atoms with van der Waals surface area (Å²) in [5.74, 6) is 1.97. The van der Waals surface area contributed by atoms with Crippen LogP contribution in [-0.2, 0) is 17.9 Å². The van der Waals surface area contributed by atoms with Crippen LogP contribution >= 0.6 is 0 Å². The first-order valence-electron chi connectivity index (χ1n) is 8.34. The van der Waals surface area contributed by atoms with E-state index in [-0.39, 0.29) is 11.8 Å². The summed E-state index contributed by atoms with van der Waals surface area (Å²) in [5, 5.41) is 17.4. The van der Waals surface area contributed by atoms with Gasteiger partial charge < -0.3 is 14.2 Å². The molecule has 1 atom stereocenters. The van der Waals surface area contributed by atoms with Gasteiger partial charge in [0.1, 0.15) is 17.6 Å². The zero-order valence-corrected chi connectivity index (χ0v) is 14.6. The van der Waals surface area contributed by atoms with Crippen LogP contribution in [0.4, 0.5) is 0 Å². The number of fused-ring (bicyclic) bond motifs is 1. The van der Waals surface area contributed by atoms with Crippen molar-refractivity contribution in [3.05, 3.63) is 41.5 Å². The van der Waals surface area contributed by atoms with Gasteiger partial charge in [-0.3, -0.25) is 4.79 Å². The van der Waals surface area contributed by atoms with Gasteiger partial charge in [-0.15, -0.1) is 10.2 Å². The van der Waals surface area contributed by atoms with Crippen LogP contribution in [0.15, 0.2) is 24.3 Å². The lowest BCUT2D eigenvalue weighted by Crippen LogP contribution is -2.47. The van der Waals surface area contributed by atoms with Crippen molar-refractivity contribution in [2.45, 2.75) is 40.0 Å². The van der Waals surface area contributed by atoms with Gasteiger partial charge in [0, 0.05) is 13.1 Å². The third kappa shape index (κ3) is 3.33. The summed E-state index contributed by atoms with van der Waals surface area (Å²) in [7, 11) is 0. The van der Waals surface area contributed by atoms with E-state index >= 15 is 0 Å². The fourth-order valence-corrected chi connectivity index (χ4v) is 2.94. The van der Waals surface area contributed by atoms with Gasteiger partial charge in [-0.1, -0.05) is 26.0 Å². The molecule has 0 saturated carbocycles. The number of amides is 1. The van der Waals surface area contributed by atoms with E-state index in [9.17, 15) is 10.1 Å². The first-order chi connectivity index (χ1) is 12.0. The molecule has 0 spiro atoms. The summed E-state index contributed by atoms with van der Waals surface area (Å²) in [6.45, 7) is 7.48. The highest BCUT2D eigenvalue weighted by Gasteiger charge is 2.32. The highest BCUT2D eigenvalue weighted by molar-refractivity contribution is 5.81. The van der Waals surface area contributed by atoms with Gasteiger partial charge in [0.25, 0.3) is 5.91 Å². The van der Waals surface area contributed by atoms with Crippen molar-refractivity contribution in [1.82, 2.24) is 19.7 Å². The Morgan fingerprint density at radius 1 is 1.28 bits per heavy atom. The molecule has 0 N–H and O–H groups in total. The van der Waals surface area contributed by atoms with E-state index in [0.29, 0.717) is 30.9 Å². The van der Waals surface area contributed by atoms with Crippen LogP contribution in [0.5, 0.6) is 5.75 Å². The second-order valence-corrected chi connectivity index (χ2v) is 6.47. The minimum Gasteiger partial charge on any atom is -0.479 e. The minimum absolute atomic E-state index is 0.0271. The first-order valence-corrected chi connectivity index (χ1v) is 8.34. The number of nitrogens with zero attached hydrogens (tertiary/aromatic N) is 5. The average Bonchev–Trinajstić information content (AvgIpc) is 2.99. The molecule has 2 aromatic rings. The maximum atomic E-state index is 13.0. The number of hydrogen-bond acceptors (Lipinski definition) is 5. The van der Waals surface area contributed by atoms with Gasteiger partial charge in [-0.05, 0) is 25.0 Å². The summed E-state index contributed by atoms with van der Waals surface area (Å²) < 4.78 is 7.98. The lowest BCUT2D eigenvalue weighted by molar-refractivity contribution is -0.142. The Labute approximate surface area is 146 Å². The van der Waals surface area contributed by atoms with Gasteiger partial charge in [0.05, 0.1) is 12.1 Å².